The van der Waals surface area contributed by atoms with Gasteiger partial charge in [0.15, 0.2) is 0 Å². The maximum atomic E-state index is 10.7. The number of nitrogens with two attached hydrogens (primary N) is 1. The molecule has 78 valence electrons. The summed E-state index contributed by atoms with van der Waals surface area (Å²) in [5, 5.41) is 8.08. The molecule has 0 aromatic heterocycles. The largest absolute Gasteiger partial charge is 0.316 e. The minimum atomic E-state index is -3.55. The summed E-state index contributed by atoms with van der Waals surface area (Å²) in [6.45, 7) is 6.32. The second-order valence-electron chi connectivity index (χ2n) is 4.05. The van der Waals surface area contributed by atoms with Crippen LogP contribution in [-0.4, -0.2) is 28.1 Å². The van der Waals surface area contributed by atoms with Gasteiger partial charge in [-0.15, -0.1) is 0 Å². The van der Waals surface area contributed by atoms with Crippen LogP contribution in [0.4, 0.5) is 0 Å². The monoisotopic (exact) mass is 207 g/mol. The molecule has 5 nitrogen and oxygen atoms in total. The van der Waals surface area contributed by atoms with Crippen molar-refractivity contribution < 1.29 is 8.42 Å². The van der Waals surface area contributed by atoms with Crippen LogP contribution in [0.1, 0.15) is 13.8 Å². The molecule has 13 heavy (non-hydrogen) atoms. The van der Waals surface area contributed by atoms with Crippen molar-refractivity contribution in [3.63, 3.8) is 0 Å². The van der Waals surface area contributed by atoms with E-state index in [1.807, 2.05) is 0 Å². The average Bonchev–Trinajstić information content (AvgIpc) is 2.29. The van der Waals surface area contributed by atoms with E-state index in [1.165, 1.54) is 0 Å². The predicted octanol–water partition coefficient (Wildman–Crippen LogP) is -0.975. The third kappa shape index (κ3) is 2.91. The van der Waals surface area contributed by atoms with Crippen molar-refractivity contribution in [1.29, 1.82) is 0 Å². The molecule has 0 bridgehead atoms. The second-order valence-corrected chi connectivity index (χ2v) is 5.43. The Bertz CT molecular complexity index is 277. The summed E-state index contributed by atoms with van der Waals surface area (Å²) >= 11 is 0. The first-order valence-corrected chi connectivity index (χ1v) is 5.86. The maximum absolute atomic E-state index is 10.7. The lowest BCUT2D eigenvalue weighted by Gasteiger charge is -2.27. The first kappa shape index (κ1) is 10.9. The Hall–Kier alpha value is -0.170. The molecule has 0 aromatic rings. The first-order valence-electron chi connectivity index (χ1n) is 4.32. The van der Waals surface area contributed by atoms with Gasteiger partial charge in [0, 0.05) is 13.1 Å². The Morgan fingerprint density at radius 2 is 2.31 bits per heavy atom. The lowest BCUT2D eigenvalue weighted by atomic mass is 9.81. The van der Waals surface area contributed by atoms with Gasteiger partial charge < -0.3 is 5.32 Å². The van der Waals surface area contributed by atoms with Crippen LogP contribution >= 0.6 is 0 Å². The van der Waals surface area contributed by atoms with Gasteiger partial charge >= 0.3 is 0 Å². The zero-order valence-electron chi connectivity index (χ0n) is 8.00. The van der Waals surface area contributed by atoms with Gasteiger partial charge in [-0.1, -0.05) is 13.8 Å². The molecule has 1 aliphatic heterocycles. The fourth-order valence-corrected chi connectivity index (χ4v) is 2.03. The van der Waals surface area contributed by atoms with Crippen molar-refractivity contribution in [2.75, 3.05) is 19.6 Å². The van der Waals surface area contributed by atoms with Gasteiger partial charge in [0.05, 0.1) is 0 Å². The summed E-state index contributed by atoms with van der Waals surface area (Å²) in [5.74, 6) is 0.460. The van der Waals surface area contributed by atoms with Crippen LogP contribution in [0.5, 0.6) is 0 Å². The minimum absolute atomic E-state index is 0.0214. The fraction of sp³-hybridized carbons (Fsp3) is 1.00. The van der Waals surface area contributed by atoms with E-state index in [9.17, 15) is 8.42 Å². The molecule has 0 aliphatic carbocycles. The summed E-state index contributed by atoms with van der Waals surface area (Å²) in [7, 11) is -3.55. The Kier molecular flexibility index (Phi) is 2.96. The van der Waals surface area contributed by atoms with Crippen LogP contribution in [-0.2, 0) is 10.2 Å². The molecule has 2 unspecified atom stereocenters. The highest BCUT2D eigenvalue weighted by atomic mass is 32.2. The summed E-state index contributed by atoms with van der Waals surface area (Å²) in [6, 6.07) is 0. The topological polar surface area (TPSA) is 84.2 Å². The Labute approximate surface area is 79.3 Å². The van der Waals surface area contributed by atoms with Gasteiger partial charge in [0.2, 0.25) is 0 Å². The molecule has 1 rings (SSSR count). The van der Waals surface area contributed by atoms with E-state index in [-0.39, 0.29) is 5.41 Å². The van der Waals surface area contributed by atoms with Gasteiger partial charge in [-0.2, -0.15) is 8.42 Å². The summed E-state index contributed by atoms with van der Waals surface area (Å²) in [6.07, 6.45) is 0. The molecule has 6 heteroatoms. The second kappa shape index (κ2) is 3.53. The van der Waals surface area contributed by atoms with E-state index in [0.29, 0.717) is 12.5 Å². The highest BCUT2D eigenvalue weighted by molar-refractivity contribution is 7.87. The Morgan fingerprint density at radius 1 is 1.69 bits per heavy atom. The van der Waals surface area contributed by atoms with Gasteiger partial charge in [0.1, 0.15) is 0 Å². The van der Waals surface area contributed by atoms with E-state index < -0.39 is 10.2 Å². The van der Waals surface area contributed by atoms with E-state index in [2.05, 4.69) is 23.9 Å². The Morgan fingerprint density at radius 3 is 2.69 bits per heavy atom. The number of rotatable bonds is 3. The van der Waals surface area contributed by atoms with Crippen molar-refractivity contribution in [2.45, 2.75) is 13.8 Å². The highest BCUT2D eigenvalue weighted by Gasteiger charge is 2.35. The molecule has 1 heterocycles. The zero-order chi connectivity index (χ0) is 10.1. The van der Waals surface area contributed by atoms with Gasteiger partial charge in [0.25, 0.3) is 10.2 Å². The summed E-state index contributed by atoms with van der Waals surface area (Å²) in [4.78, 5) is 0. The predicted molar refractivity (Wildman–Crippen MR) is 51.3 cm³/mol. The van der Waals surface area contributed by atoms with Crippen molar-refractivity contribution >= 4 is 10.2 Å². The standard InChI is InChI=1S/C7H17N3O2S/c1-6-3-9-4-7(6,2)5-10-13(8,11)12/h6,9-10H,3-5H2,1-2H3,(H2,8,11,12). The van der Waals surface area contributed by atoms with Crippen molar-refractivity contribution in [1.82, 2.24) is 10.0 Å². The maximum Gasteiger partial charge on any atom is 0.274 e. The highest BCUT2D eigenvalue weighted by Crippen LogP contribution is 2.29. The zero-order valence-corrected chi connectivity index (χ0v) is 8.82. The fourth-order valence-electron chi connectivity index (χ4n) is 1.50. The number of hydrogen-bond donors (Lipinski definition) is 3. The van der Waals surface area contributed by atoms with Gasteiger partial charge in [-0.25, -0.2) is 9.86 Å². The van der Waals surface area contributed by atoms with Crippen LogP contribution in [0.3, 0.4) is 0 Å². The number of hydrogen-bond acceptors (Lipinski definition) is 3. The third-order valence-corrected chi connectivity index (χ3v) is 3.39. The van der Waals surface area contributed by atoms with E-state index in [1.54, 1.807) is 0 Å². The molecule has 4 N–H and O–H groups in total. The van der Waals surface area contributed by atoms with Crippen molar-refractivity contribution in [3.8, 4) is 0 Å². The van der Waals surface area contributed by atoms with Crippen LogP contribution in [0.25, 0.3) is 0 Å². The molecule has 0 aromatic carbocycles. The minimum Gasteiger partial charge on any atom is -0.316 e. The van der Waals surface area contributed by atoms with Crippen LogP contribution < -0.4 is 15.2 Å². The molecule has 1 saturated heterocycles. The van der Waals surface area contributed by atoms with Gasteiger partial charge in [-0.05, 0) is 17.9 Å². The Balaban J connectivity index is 2.53. The lowest BCUT2D eigenvalue weighted by Crippen LogP contribution is -2.42. The molecular weight excluding hydrogens is 190 g/mol. The summed E-state index contributed by atoms with van der Waals surface area (Å²) < 4.78 is 23.7. The quantitative estimate of drug-likeness (QED) is 0.556. The van der Waals surface area contributed by atoms with E-state index in [4.69, 9.17) is 5.14 Å². The van der Waals surface area contributed by atoms with Crippen LogP contribution in [0, 0.1) is 11.3 Å². The van der Waals surface area contributed by atoms with E-state index >= 15 is 0 Å². The molecule has 0 radical (unpaired) electrons. The smallest absolute Gasteiger partial charge is 0.274 e. The van der Waals surface area contributed by atoms with Crippen molar-refractivity contribution in [2.24, 2.45) is 16.5 Å². The van der Waals surface area contributed by atoms with Gasteiger partial charge in [-0.3, -0.25) is 0 Å². The molecule has 2 atom stereocenters. The van der Waals surface area contributed by atoms with Crippen LogP contribution in [0.2, 0.25) is 0 Å². The third-order valence-electron chi connectivity index (χ3n) is 2.85. The lowest BCUT2D eigenvalue weighted by molar-refractivity contribution is 0.276. The number of nitrogens with one attached hydrogen (secondary N) is 2. The molecule has 1 aliphatic rings. The molecule has 0 saturated carbocycles. The van der Waals surface area contributed by atoms with Crippen LogP contribution in [0.15, 0.2) is 0 Å². The summed E-state index contributed by atoms with van der Waals surface area (Å²) in [5.41, 5.74) is -0.0214. The SMILES string of the molecule is CC1CNCC1(C)CNS(N)(=O)=O. The molecule has 1 fully saturated rings. The first-order chi connectivity index (χ1) is 5.83. The van der Waals surface area contributed by atoms with Crippen molar-refractivity contribution in [3.05, 3.63) is 0 Å². The average molecular weight is 207 g/mol. The van der Waals surface area contributed by atoms with E-state index in [0.717, 1.165) is 13.1 Å². The molecule has 0 spiro atoms. The molecular formula is C7H17N3O2S. The molecule has 0 amide bonds. The normalized spacial score (nSPS) is 35.2.